The molecule has 4 heteroatoms. The molecule has 18 heavy (non-hydrogen) atoms. The van der Waals surface area contributed by atoms with Crippen LogP contribution in [0.25, 0.3) is 11.1 Å². The van der Waals surface area contributed by atoms with Crippen molar-refractivity contribution in [2.45, 2.75) is 6.54 Å². The maximum Gasteiger partial charge on any atom is 0.134 e. The van der Waals surface area contributed by atoms with Gasteiger partial charge in [0.2, 0.25) is 0 Å². The molecule has 0 bridgehead atoms. The van der Waals surface area contributed by atoms with Gasteiger partial charge in [0.05, 0.1) is 7.11 Å². The summed E-state index contributed by atoms with van der Waals surface area (Å²) < 4.78 is 19.0. The Bertz CT molecular complexity index is 572. The summed E-state index contributed by atoms with van der Waals surface area (Å²) in [5, 5.41) is 0.591. The molecule has 0 saturated heterocycles. The van der Waals surface area contributed by atoms with E-state index < -0.39 is 0 Å². The van der Waals surface area contributed by atoms with Crippen LogP contribution < -0.4 is 10.5 Å². The molecule has 0 spiro atoms. The van der Waals surface area contributed by atoms with E-state index in [9.17, 15) is 4.39 Å². The molecule has 94 valence electrons. The largest absolute Gasteiger partial charge is 0.497 e. The molecule has 0 aliphatic heterocycles. The van der Waals surface area contributed by atoms with Crippen molar-refractivity contribution in [3.8, 4) is 16.9 Å². The Balaban J connectivity index is 2.54. The highest BCUT2D eigenvalue weighted by Crippen LogP contribution is 2.30. The summed E-state index contributed by atoms with van der Waals surface area (Å²) in [4.78, 5) is 0. The number of rotatable bonds is 3. The van der Waals surface area contributed by atoms with E-state index in [1.165, 1.54) is 13.2 Å². The quantitative estimate of drug-likeness (QED) is 0.920. The van der Waals surface area contributed by atoms with Crippen LogP contribution in [0.4, 0.5) is 4.39 Å². The van der Waals surface area contributed by atoms with Gasteiger partial charge in [0.25, 0.3) is 0 Å². The van der Waals surface area contributed by atoms with E-state index in [1.807, 2.05) is 0 Å². The second kappa shape index (κ2) is 5.38. The minimum Gasteiger partial charge on any atom is -0.497 e. The van der Waals surface area contributed by atoms with Gasteiger partial charge < -0.3 is 10.5 Å². The third-order valence-corrected chi connectivity index (χ3v) is 2.99. The van der Waals surface area contributed by atoms with Crippen molar-refractivity contribution in [3.05, 3.63) is 52.8 Å². The van der Waals surface area contributed by atoms with Crippen LogP contribution >= 0.6 is 11.6 Å². The Morgan fingerprint density at radius 2 is 1.89 bits per heavy atom. The van der Waals surface area contributed by atoms with Gasteiger partial charge in [-0.15, -0.1) is 0 Å². The van der Waals surface area contributed by atoms with Crippen LogP contribution in [-0.4, -0.2) is 7.11 Å². The number of halogens is 2. The number of hydrogen-bond acceptors (Lipinski definition) is 2. The fourth-order valence-corrected chi connectivity index (χ4v) is 2.03. The van der Waals surface area contributed by atoms with Gasteiger partial charge in [-0.3, -0.25) is 0 Å². The molecule has 0 radical (unpaired) electrons. The molecule has 0 atom stereocenters. The lowest BCUT2D eigenvalue weighted by atomic mass is 9.99. The SMILES string of the molecule is COc1ccc(-c2ccc(Cl)cc2CN)c(F)c1. The van der Waals surface area contributed by atoms with Crippen molar-refractivity contribution >= 4 is 11.6 Å². The van der Waals surface area contributed by atoms with Gasteiger partial charge in [-0.05, 0) is 35.4 Å². The van der Waals surface area contributed by atoms with E-state index in [1.54, 1.807) is 30.3 Å². The molecule has 2 rings (SSSR count). The van der Waals surface area contributed by atoms with E-state index in [-0.39, 0.29) is 5.82 Å². The van der Waals surface area contributed by atoms with Crippen molar-refractivity contribution in [1.82, 2.24) is 0 Å². The summed E-state index contributed by atoms with van der Waals surface area (Å²) in [6.07, 6.45) is 0. The predicted molar refractivity (Wildman–Crippen MR) is 71.3 cm³/mol. The van der Waals surface area contributed by atoms with Gasteiger partial charge in [-0.2, -0.15) is 0 Å². The maximum absolute atomic E-state index is 14.0. The number of nitrogens with two attached hydrogens (primary N) is 1. The highest BCUT2D eigenvalue weighted by molar-refractivity contribution is 6.30. The zero-order valence-corrected chi connectivity index (χ0v) is 10.7. The molecular weight excluding hydrogens is 253 g/mol. The summed E-state index contributed by atoms with van der Waals surface area (Å²) in [5.74, 6) is 0.144. The summed E-state index contributed by atoms with van der Waals surface area (Å²) in [7, 11) is 1.50. The molecule has 0 fully saturated rings. The van der Waals surface area contributed by atoms with Gasteiger partial charge in [0.1, 0.15) is 11.6 Å². The first kappa shape index (κ1) is 12.9. The fourth-order valence-electron chi connectivity index (χ4n) is 1.84. The molecule has 0 aliphatic rings. The molecular formula is C14H13ClFNO. The van der Waals surface area contributed by atoms with Gasteiger partial charge in [0.15, 0.2) is 0 Å². The smallest absolute Gasteiger partial charge is 0.134 e. The zero-order valence-electron chi connectivity index (χ0n) is 9.91. The molecule has 0 amide bonds. The van der Waals surface area contributed by atoms with E-state index in [0.29, 0.717) is 22.9 Å². The van der Waals surface area contributed by atoms with E-state index in [4.69, 9.17) is 22.1 Å². The minimum absolute atomic E-state index is 0.307. The van der Waals surface area contributed by atoms with Crippen molar-refractivity contribution in [2.75, 3.05) is 7.11 Å². The predicted octanol–water partition coefficient (Wildman–Crippen LogP) is 3.61. The second-order valence-electron chi connectivity index (χ2n) is 3.85. The number of methoxy groups -OCH3 is 1. The van der Waals surface area contributed by atoms with E-state index in [0.717, 1.165) is 11.1 Å². The average Bonchev–Trinajstić information content (AvgIpc) is 2.39. The topological polar surface area (TPSA) is 35.2 Å². The molecule has 0 aromatic heterocycles. The number of ether oxygens (including phenoxy) is 1. The number of hydrogen-bond donors (Lipinski definition) is 1. The van der Waals surface area contributed by atoms with Crippen LogP contribution in [0.5, 0.6) is 5.75 Å². The first-order valence-electron chi connectivity index (χ1n) is 5.48. The lowest BCUT2D eigenvalue weighted by Gasteiger charge is -2.10. The van der Waals surface area contributed by atoms with Crippen LogP contribution in [0.3, 0.4) is 0 Å². The molecule has 2 N–H and O–H groups in total. The minimum atomic E-state index is -0.341. The van der Waals surface area contributed by atoms with Crippen molar-refractivity contribution < 1.29 is 9.13 Å². The molecule has 2 aromatic carbocycles. The monoisotopic (exact) mass is 265 g/mol. The Kier molecular flexibility index (Phi) is 3.84. The Labute approximate surface area is 110 Å². The highest BCUT2D eigenvalue weighted by Gasteiger charge is 2.10. The molecule has 0 saturated carbocycles. The summed E-state index contributed by atoms with van der Waals surface area (Å²) in [5.41, 5.74) is 7.71. The lowest BCUT2D eigenvalue weighted by Crippen LogP contribution is -2.00. The van der Waals surface area contributed by atoms with Crippen LogP contribution in [-0.2, 0) is 6.54 Å². The Morgan fingerprint density at radius 3 is 2.50 bits per heavy atom. The van der Waals surface area contributed by atoms with Gasteiger partial charge in [0, 0.05) is 23.2 Å². The summed E-state index contributed by atoms with van der Waals surface area (Å²) >= 11 is 5.90. The van der Waals surface area contributed by atoms with Crippen LogP contribution in [0.1, 0.15) is 5.56 Å². The van der Waals surface area contributed by atoms with Gasteiger partial charge >= 0.3 is 0 Å². The molecule has 0 heterocycles. The summed E-state index contributed by atoms with van der Waals surface area (Å²) in [6.45, 7) is 0.307. The summed E-state index contributed by atoms with van der Waals surface area (Å²) in [6, 6.07) is 9.99. The molecule has 0 aliphatic carbocycles. The third kappa shape index (κ3) is 2.47. The van der Waals surface area contributed by atoms with Gasteiger partial charge in [-0.1, -0.05) is 17.7 Å². The first-order valence-corrected chi connectivity index (χ1v) is 5.86. The third-order valence-electron chi connectivity index (χ3n) is 2.75. The van der Waals surface area contributed by atoms with Crippen LogP contribution in [0, 0.1) is 5.82 Å². The zero-order chi connectivity index (χ0) is 13.1. The fraction of sp³-hybridized carbons (Fsp3) is 0.143. The Morgan fingerprint density at radius 1 is 1.17 bits per heavy atom. The van der Waals surface area contributed by atoms with Crippen molar-refractivity contribution in [2.24, 2.45) is 5.73 Å². The van der Waals surface area contributed by atoms with Gasteiger partial charge in [-0.25, -0.2) is 4.39 Å². The second-order valence-corrected chi connectivity index (χ2v) is 4.29. The maximum atomic E-state index is 14.0. The highest BCUT2D eigenvalue weighted by atomic mass is 35.5. The molecule has 2 aromatic rings. The standard InChI is InChI=1S/C14H13ClFNO/c1-18-11-3-5-13(14(16)7-11)12-4-2-10(15)6-9(12)8-17/h2-7H,8,17H2,1H3. The molecule has 0 unspecified atom stereocenters. The van der Waals surface area contributed by atoms with Crippen molar-refractivity contribution in [3.63, 3.8) is 0 Å². The van der Waals surface area contributed by atoms with E-state index >= 15 is 0 Å². The van der Waals surface area contributed by atoms with Crippen LogP contribution in [0.15, 0.2) is 36.4 Å². The first-order chi connectivity index (χ1) is 8.65. The number of benzene rings is 2. The average molecular weight is 266 g/mol. The lowest BCUT2D eigenvalue weighted by molar-refractivity contribution is 0.411. The molecule has 2 nitrogen and oxygen atoms in total. The Hall–Kier alpha value is -1.58. The normalized spacial score (nSPS) is 10.4. The van der Waals surface area contributed by atoms with Crippen molar-refractivity contribution in [1.29, 1.82) is 0 Å². The van der Waals surface area contributed by atoms with Crippen LogP contribution in [0.2, 0.25) is 5.02 Å². The van der Waals surface area contributed by atoms with E-state index in [2.05, 4.69) is 0 Å².